The van der Waals surface area contributed by atoms with Crippen LogP contribution >= 0.6 is 0 Å². The molecule has 9 aromatic carbocycles. The number of aromatic nitrogens is 2. The molecule has 0 atom stereocenters. The number of hydrogen-bond donors (Lipinski definition) is 0. The largest absolute Gasteiger partial charge is 0.456 e. The van der Waals surface area contributed by atoms with Crippen molar-refractivity contribution < 1.29 is 4.42 Å². The molecule has 12 rings (SSSR count). The second-order valence-corrected chi connectivity index (χ2v) is 21.0. The molecule has 0 N–H and O–H groups in total. The van der Waals surface area contributed by atoms with Crippen LogP contribution in [0.25, 0.3) is 89.2 Å². The maximum Gasteiger partial charge on any atom is 0.160 e. The highest BCUT2D eigenvalue weighted by atomic mass is 16.3. The lowest BCUT2D eigenvalue weighted by Gasteiger charge is -2.36. The molecule has 11 aromatic rings. The summed E-state index contributed by atoms with van der Waals surface area (Å²) in [5.41, 5.74) is 20.4. The molecule has 338 valence electrons. The van der Waals surface area contributed by atoms with Gasteiger partial charge in [0.25, 0.3) is 0 Å². The molecule has 2 aromatic heterocycles. The maximum absolute atomic E-state index is 6.27. The summed E-state index contributed by atoms with van der Waals surface area (Å²) in [4.78, 5) is 10.9. The van der Waals surface area contributed by atoms with Gasteiger partial charge in [0, 0.05) is 27.5 Å². The van der Waals surface area contributed by atoms with Crippen molar-refractivity contribution in [1.29, 1.82) is 0 Å². The molecule has 0 spiro atoms. The van der Waals surface area contributed by atoms with Crippen LogP contribution in [0, 0.1) is 0 Å². The second kappa shape index (κ2) is 16.5. The van der Waals surface area contributed by atoms with Crippen molar-refractivity contribution in [1.82, 2.24) is 9.97 Å². The second-order valence-electron chi connectivity index (χ2n) is 21.0. The minimum atomic E-state index is -0.608. The van der Waals surface area contributed by atoms with E-state index in [1.807, 2.05) is 18.2 Å². The number of para-hydroxylation sites is 1. The Morgan fingerprint density at radius 2 is 0.886 bits per heavy atom. The molecule has 0 bridgehead atoms. The normalized spacial score (nSPS) is 13.1. The standard InChI is InChI=1S/C67H54N2O/c1-65(2,3)50-23-17-25-52(40-50)67(53-26-18-24-51(41-53)66(4,5)6)58-29-15-13-27-54(58)55-33-31-46(39-59(55)67)60-42-61(69-64(68-60)44-21-11-8-12-22-44)49-36-47(43-19-9-7-10-20-43)35-48(37-49)45-32-34-63-57(38-45)56-28-14-16-30-62(56)70-63/h7-42H,1-6H3. The molecule has 2 heterocycles. The van der Waals surface area contributed by atoms with E-state index >= 15 is 0 Å². The van der Waals surface area contributed by atoms with Gasteiger partial charge in [0.15, 0.2) is 5.82 Å². The Morgan fingerprint density at radius 1 is 0.343 bits per heavy atom. The summed E-state index contributed by atoms with van der Waals surface area (Å²) in [6, 6.07) is 79.6. The molecule has 0 amide bonds. The molecular formula is C67H54N2O. The first-order chi connectivity index (χ1) is 33.9. The number of furan rings is 1. The summed E-state index contributed by atoms with van der Waals surface area (Å²) in [5, 5.41) is 2.21. The van der Waals surface area contributed by atoms with Gasteiger partial charge < -0.3 is 4.42 Å². The van der Waals surface area contributed by atoms with E-state index in [9.17, 15) is 0 Å². The Hall–Kier alpha value is -8.14. The summed E-state index contributed by atoms with van der Waals surface area (Å²) >= 11 is 0. The van der Waals surface area contributed by atoms with Crippen molar-refractivity contribution in [2.75, 3.05) is 0 Å². The lowest BCUT2D eigenvalue weighted by molar-refractivity contribution is 0.585. The minimum absolute atomic E-state index is 0.0451. The van der Waals surface area contributed by atoms with E-state index in [2.05, 4.69) is 242 Å². The first kappa shape index (κ1) is 43.2. The van der Waals surface area contributed by atoms with Crippen LogP contribution in [0.4, 0.5) is 0 Å². The van der Waals surface area contributed by atoms with Crippen molar-refractivity contribution in [2.45, 2.75) is 57.8 Å². The van der Waals surface area contributed by atoms with Crippen LogP contribution in [-0.2, 0) is 16.2 Å². The molecule has 0 saturated carbocycles. The zero-order chi connectivity index (χ0) is 47.8. The molecule has 1 aliphatic rings. The lowest BCUT2D eigenvalue weighted by Crippen LogP contribution is -2.30. The SMILES string of the molecule is CC(C)(C)c1cccc(C2(c3cccc(C(C)(C)C)c3)c3ccccc3-c3ccc(-c4cc(-c5cc(-c6ccccc6)cc(-c6ccc7oc8ccccc8c7c6)c5)nc(-c5ccccc5)n4)cc32)c1. The highest BCUT2D eigenvalue weighted by Crippen LogP contribution is 2.57. The zero-order valence-electron chi connectivity index (χ0n) is 40.6. The molecule has 0 unspecified atom stereocenters. The molecule has 70 heavy (non-hydrogen) atoms. The molecule has 0 aliphatic heterocycles. The van der Waals surface area contributed by atoms with Gasteiger partial charge in [-0.2, -0.15) is 0 Å². The Balaban J connectivity index is 1.10. The Bertz CT molecular complexity index is 3730. The fourth-order valence-corrected chi connectivity index (χ4v) is 10.8. The number of nitrogens with zero attached hydrogens (tertiary/aromatic N) is 2. The average Bonchev–Trinajstić information content (AvgIpc) is 3.92. The zero-order valence-corrected chi connectivity index (χ0v) is 40.6. The van der Waals surface area contributed by atoms with Crippen LogP contribution in [0.5, 0.6) is 0 Å². The minimum Gasteiger partial charge on any atom is -0.456 e. The summed E-state index contributed by atoms with van der Waals surface area (Å²) in [6.07, 6.45) is 0. The van der Waals surface area contributed by atoms with Gasteiger partial charge in [0.05, 0.1) is 16.8 Å². The van der Waals surface area contributed by atoms with Crippen molar-refractivity contribution in [3.8, 4) is 67.3 Å². The molecule has 0 saturated heterocycles. The highest BCUT2D eigenvalue weighted by Gasteiger charge is 2.47. The van der Waals surface area contributed by atoms with E-state index in [1.165, 1.54) is 44.5 Å². The topological polar surface area (TPSA) is 38.9 Å². The molecule has 0 radical (unpaired) electrons. The third-order valence-corrected chi connectivity index (χ3v) is 14.5. The fourth-order valence-electron chi connectivity index (χ4n) is 10.8. The number of benzene rings is 9. The maximum atomic E-state index is 6.27. The first-order valence-electron chi connectivity index (χ1n) is 24.5. The first-order valence-corrected chi connectivity index (χ1v) is 24.5. The highest BCUT2D eigenvalue weighted by molar-refractivity contribution is 6.06. The van der Waals surface area contributed by atoms with E-state index in [0.29, 0.717) is 5.82 Å². The van der Waals surface area contributed by atoms with Crippen LogP contribution < -0.4 is 0 Å². The van der Waals surface area contributed by atoms with Crippen LogP contribution in [0.2, 0.25) is 0 Å². The number of hydrogen-bond acceptors (Lipinski definition) is 3. The molecule has 1 aliphatic carbocycles. The van der Waals surface area contributed by atoms with Crippen LogP contribution in [0.3, 0.4) is 0 Å². The van der Waals surface area contributed by atoms with Gasteiger partial charge in [-0.05, 0) is 126 Å². The summed E-state index contributed by atoms with van der Waals surface area (Å²) in [7, 11) is 0. The Morgan fingerprint density at radius 3 is 1.57 bits per heavy atom. The van der Waals surface area contributed by atoms with E-state index in [-0.39, 0.29) is 10.8 Å². The van der Waals surface area contributed by atoms with Gasteiger partial charge in [0.1, 0.15) is 11.2 Å². The number of fused-ring (bicyclic) bond motifs is 6. The van der Waals surface area contributed by atoms with Crippen molar-refractivity contribution >= 4 is 21.9 Å². The summed E-state index contributed by atoms with van der Waals surface area (Å²) < 4.78 is 6.27. The molecule has 3 nitrogen and oxygen atoms in total. The Kier molecular flexibility index (Phi) is 10.2. The van der Waals surface area contributed by atoms with Crippen molar-refractivity contribution in [2.24, 2.45) is 0 Å². The van der Waals surface area contributed by atoms with E-state index < -0.39 is 5.41 Å². The molecule has 3 heteroatoms. The van der Waals surface area contributed by atoms with Gasteiger partial charge in [-0.15, -0.1) is 0 Å². The van der Waals surface area contributed by atoms with Gasteiger partial charge in [0.2, 0.25) is 0 Å². The smallest absolute Gasteiger partial charge is 0.160 e. The van der Waals surface area contributed by atoms with E-state index in [0.717, 1.165) is 72.3 Å². The average molecular weight is 903 g/mol. The van der Waals surface area contributed by atoms with Crippen molar-refractivity contribution in [3.63, 3.8) is 0 Å². The quantitative estimate of drug-likeness (QED) is 0.160. The molecule has 0 fully saturated rings. The van der Waals surface area contributed by atoms with Gasteiger partial charge >= 0.3 is 0 Å². The van der Waals surface area contributed by atoms with Crippen LogP contribution in [0.15, 0.2) is 223 Å². The predicted octanol–water partition coefficient (Wildman–Crippen LogP) is 17.7. The molecular weight excluding hydrogens is 849 g/mol. The van der Waals surface area contributed by atoms with Crippen LogP contribution in [-0.4, -0.2) is 9.97 Å². The Labute approximate surface area is 411 Å². The van der Waals surface area contributed by atoms with E-state index in [1.54, 1.807) is 0 Å². The lowest BCUT2D eigenvalue weighted by atomic mass is 9.66. The monoisotopic (exact) mass is 902 g/mol. The fraction of sp³-hybridized carbons (Fsp3) is 0.134. The predicted molar refractivity (Wildman–Crippen MR) is 291 cm³/mol. The summed E-state index contributed by atoms with van der Waals surface area (Å²) in [6.45, 7) is 13.9. The van der Waals surface area contributed by atoms with Crippen molar-refractivity contribution in [3.05, 3.63) is 252 Å². The summed E-state index contributed by atoms with van der Waals surface area (Å²) in [5.74, 6) is 0.678. The van der Waals surface area contributed by atoms with Gasteiger partial charge in [-0.25, -0.2) is 9.97 Å². The third-order valence-electron chi connectivity index (χ3n) is 14.5. The number of rotatable bonds is 7. The van der Waals surface area contributed by atoms with Gasteiger partial charge in [-0.3, -0.25) is 0 Å². The van der Waals surface area contributed by atoms with E-state index in [4.69, 9.17) is 14.4 Å². The van der Waals surface area contributed by atoms with Gasteiger partial charge in [-0.1, -0.05) is 211 Å². The third kappa shape index (κ3) is 7.36. The van der Waals surface area contributed by atoms with Crippen LogP contribution in [0.1, 0.15) is 74.9 Å².